The molecule has 6 nitrogen and oxygen atoms in total. The van der Waals surface area contributed by atoms with E-state index < -0.39 is 0 Å². The molecule has 0 radical (unpaired) electrons. The van der Waals surface area contributed by atoms with Crippen molar-refractivity contribution in [1.29, 1.82) is 0 Å². The molecule has 1 aromatic carbocycles. The Hall–Kier alpha value is -2.15. The van der Waals surface area contributed by atoms with Crippen LogP contribution < -0.4 is 20.7 Å². The second-order valence-electron chi connectivity index (χ2n) is 4.74. The zero-order valence-electron chi connectivity index (χ0n) is 13.9. The number of carbonyl (C=O) groups is 2. The molecule has 132 valence electrons. The first kappa shape index (κ1) is 19.9. The number of para-hydroxylation sites is 1. The number of ether oxygens (including phenoxy) is 1. The number of benzene rings is 1. The van der Waals surface area contributed by atoms with E-state index in [2.05, 4.69) is 16.0 Å². The minimum absolute atomic E-state index is 0.0216. The summed E-state index contributed by atoms with van der Waals surface area (Å²) in [5.74, 6) is 1.88. The molecule has 0 heterocycles. The highest BCUT2D eigenvalue weighted by atomic mass is 32.2. The van der Waals surface area contributed by atoms with Crippen LogP contribution in [0.15, 0.2) is 42.5 Å². The molecule has 1 rings (SSSR count). The summed E-state index contributed by atoms with van der Waals surface area (Å²) in [6, 6.07) is 9.39. The van der Waals surface area contributed by atoms with Gasteiger partial charge in [0.25, 0.3) is 0 Å². The van der Waals surface area contributed by atoms with Gasteiger partial charge in [-0.2, -0.15) is 11.8 Å². The molecule has 3 amide bonds. The number of hydrogen-bond donors (Lipinski definition) is 3. The van der Waals surface area contributed by atoms with Crippen molar-refractivity contribution >= 4 is 23.7 Å². The van der Waals surface area contributed by atoms with E-state index in [1.807, 2.05) is 49.4 Å². The Balaban J connectivity index is 1.96. The average molecular weight is 351 g/mol. The largest absolute Gasteiger partial charge is 0.490 e. The Morgan fingerprint density at radius 2 is 1.92 bits per heavy atom. The van der Waals surface area contributed by atoms with Gasteiger partial charge in [0, 0.05) is 25.4 Å². The molecule has 0 spiro atoms. The van der Waals surface area contributed by atoms with Crippen molar-refractivity contribution < 1.29 is 14.3 Å². The zero-order chi connectivity index (χ0) is 17.5. The normalized spacial score (nSPS) is 10.4. The third kappa shape index (κ3) is 10.6. The topological polar surface area (TPSA) is 79.5 Å². The van der Waals surface area contributed by atoms with Crippen LogP contribution in [0.2, 0.25) is 0 Å². The van der Waals surface area contributed by atoms with Gasteiger partial charge in [-0.05, 0) is 25.1 Å². The number of carbonyl (C=O) groups excluding carboxylic acids is 2. The van der Waals surface area contributed by atoms with E-state index in [9.17, 15) is 9.59 Å². The van der Waals surface area contributed by atoms with E-state index in [0.29, 0.717) is 37.7 Å². The Bertz CT molecular complexity index is 509. The smallest absolute Gasteiger partial charge is 0.314 e. The van der Waals surface area contributed by atoms with E-state index >= 15 is 0 Å². The fraction of sp³-hybridized carbons (Fsp3) is 0.412. The average Bonchev–Trinajstić information content (AvgIpc) is 2.59. The summed E-state index contributed by atoms with van der Waals surface area (Å²) >= 11 is 1.48. The molecule has 0 saturated heterocycles. The number of rotatable bonds is 11. The molecule has 1 aromatic rings. The molecule has 24 heavy (non-hydrogen) atoms. The molecule has 0 aromatic heterocycles. The lowest BCUT2D eigenvalue weighted by Crippen LogP contribution is -2.36. The molecule has 0 bridgehead atoms. The van der Waals surface area contributed by atoms with Crippen molar-refractivity contribution in [3.8, 4) is 5.75 Å². The van der Waals surface area contributed by atoms with Crippen LogP contribution in [0.4, 0.5) is 4.79 Å². The molecule has 0 unspecified atom stereocenters. The van der Waals surface area contributed by atoms with Crippen LogP contribution in [0.3, 0.4) is 0 Å². The van der Waals surface area contributed by atoms with E-state index in [0.717, 1.165) is 5.75 Å². The maximum atomic E-state index is 11.6. The summed E-state index contributed by atoms with van der Waals surface area (Å²) in [7, 11) is 0. The predicted octanol–water partition coefficient (Wildman–Crippen LogP) is 1.79. The standard InChI is InChI=1S/C17H25N3O3S/c1-2-18-17(22)20-11-13-24-14-16(21)19-10-6-7-12-23-15-8-4-3-5-9-15/h3-9H,2,10-14H2,1H3,(H,19,21)(H2,18,20,22)/b7-6-. The Kier molecular flexibility index (Phi) is 11.0. The van der Waals surface area contributed by atoms with Crippen molar-refractivity contribution in [3.05, 3.63) is 42.5 Å². The lowest BCUT2D eigenvalue weighted by molar-refractivity contribution is -0.118. The summed E-state index contributed by atoms with van der Waals surface area (Å²) in [5.41, 5.74) is 0. The summed E-state index contributed by atoms with van der Waals surface area (Å²) in [4.78, 5) is 22.7. The lowest BCUT2D eigenvalue weighted by atomic mass is 10.3. The summed E-state index contributed by atoms with van der Waals surface area (Å²) in [6.07, 6.45) is 3.73. The highest BCUT2D eigenvalue weighted by molar-refractivity contribution is 7.99. The number of urea groups is 1. The van der Waals surface area contributed by atoms with Gasteiger partial charge in [-0.15, -0.1) is 0 Å². The maximum Gasteiger partial charge on any atom is 0.314 e. The molecule has 0 aliphatic heterocycles. The van der Waals surface area contributed by atoms with Crippen LogP contribution in [0.5, 0.6) is 5.75 Å². The first-order valence-electron chi connectivity index (χ1n) is 7.91. The van der Waals surface area contributed by atoms with Crippen LogP contribution in [0, 0.1) is 0 Å². The van der Waals surface area contributed by atoms with Gasteiger partial charge in [-0.25, -0.2) is 4.79 Å². The van der Waals surface area contributed by atoms with Crippen LogP contribution in [-0.4, -0.2) is 49.7 Å². The van der Waals surface area contributed by atoms with Gasteiger partial charge in [0.2, 0.25) is 5.91 Å². The molecule has 0 aliphatic carbocycles. The molecule has 0 aliphatic rings. The number of thioether (sulfide) groups is 1. The van der Waals surface area contributed by atoms with Crippen molar-refractivity contribution in [2.24, 2.45) is 0 Å². The number of nitrogens with one attached hydrogen (secondary N) is 3. The zero-order valence-corrected chi connectivity index (χ0v) is 14.7. The van der Waals surface area contributed by atoms with Crippen molar-refractivity contribution in [1.82, 2.24) is 16.0 Å². The highest BCUT2D eigenvalue weighted by Gasteiger charge is 2.00. The third-order valence-corrected chi connectivity index (χ3v) is 3.73. The van der Waals surface area contributed by atoms with Gasteiger partial charge in [0.15, 0.2) is 0 Å². The molecule has 0 fully saturated rings. The molecule has 3 N–H and O–H groups in total. The van der Waals surface area contributed by atoms with E-state index in [1.165, 1.54) is 11.8 Å². The second kappa shape index (κ2) is 13.3. The lowest BCUT2D eigenvalue weighted by Gasteiger charge is -2.05. The Morgan fingerprint density at radius 3 is 2.67 bits per heavy atom. The predicted molar refractivity (Wildman–Crippen MR) is 98.5 cm³/mol. The van der Waals surface area contributed by atoms with Gasteiger partial charge in [-0.3, -0.25) is 4.79 Å². The Labute approximate surface area is 147 Å². The SMILES string of the molecule is CCNC(=O)NCCSCC(=O)NC/C=C\COc1ccccc1. The number of amides is 3. The van der Waals surface area contributed by atoms with Gasteiger partial charge in [0.05, 0.1) is 5.75 Å². The highest BCUT2D eigenvalue weighted by Crippen LogP contribution is 2.07. The van der Waals surface area contributed by atoms with Crippen LogP contribution >= 0.6 is 11.8 Å². The summed E-state index contributed by atoms with van der Waals surface area (Å²) in [5, 5.41) is 8.15. The van der Waals surface area contributed by atoms with Gasteiger partial charge >= 0.3 is 6.03 Å². The first-order valence-corrected chi connectivity index (χ1v) is 9.06. The fourth-order valence-corrected chi connectivity index (χ4v) is 2.34. The van der Waals surface area contributed by atoms with E-state index in [4.69, 9.17) is 4.74 Å². The van der Waals surface area contributed by atoms with Gasteiger partial charge < -0.3 is 20.7 Å². The minimum atomic E-state index is -0.176. The van der Waals surface area contributed by atoms with E-state index in [1.54, 1.807) is 0 Å². The summed E-state index contributed by atoms with van der Waals surface area (Å²) in [6.45, 7) is 3.96. The van der Waals surface area contributed by atoms with Gasteiger partial charge in [0.1, 0.15) is 12.4 Å². The molecule has 7 heteroatoms. The quantitative estimate of drug-likeness (QED) is 0.419. The van der Waals surface area contributed by atoms with Crippen LogP contribution in [-0.2, 0) is 4.79 Å². The molecule has 0 atom stereocenters. The fourth-order valence-electron chi connectivity index (χ4n) is 1.66. The van der Waals surface area contributed by atoms with Crippen LogP contribution in [0.1, 0.15) is 6.92 Å². The minimum Gasteiger partial charge on any atom is -0.490 e. The first-order chi connectivity index (χ1) is 11.7. The third-order valence-electron chi connectivity index (χ3n) is 2.78. The van der Waals surface area contributed by atoms with Crippen molar-refractivity contribution in [3.63, 3.8) is 0 Å². The second-order valence-corrected chi connectivity index (χ2v) is 5.84. The monoisotopic (exact) mass is 351 g/mol. The van der Waals surface area contributed by atoms with Crippen molar-refractivity contribution in [2.45, 2.75) is 6.92 Å². The van der Waals surface area contributed by atoms with Crippen LogP contribution in [0.25, 0.3) is 0 Å². The molecule has 0 saturated carbocycles. The molecular weight excluding hydrogens is 326 g/mol. The number of hydrogen-bond acceptors (Lipinski definition) is 4. The Morgan fingerprint density at radius 1 is 1.12 bits per heavy atom. The summed E-state index contributed by atoms with van der Waals surface area (Å²) < 4.78 is 5.50. The maximum absolute atomic E-state index is 11.6. The molecular formula is C17H25N3O3S. The van der Waals surface area contributed by atoms with Crippen molar-refractivity contribution in [2.75, 3.05) is 37.7 Å². The van der Waals surface area contributed by atoms with Gasteiger partial charge in [-0.1, -0.05) is 24.3 Å². The van der Waals surface area contributed by atoms with E-state index in [-0.39, 0.29) is 11.9 Å².